The molecule has 3 nitrogen and oxygen atoms in total. The molecule has 1 aromatic heterocycles. The van der Waals surface area contributed by atoms with Crippen molar-refractivity contribution in [3.63, 3.8) is 0 Å². The van der Waals surface area contributed by atoms with E-state index in [2.05, 4.69) is 16.1 Å². The second-order valence-corrected chi connectivity index (χ2v) is 4.46. The lowest BCUT2D eigenvalue weighted by atomic mass is 10.1. The van der Waals surface area contributed by atoms with Crippen molar-refractivity contribution in [1.82, 2.24) is 10.1 Å². The van der Waals surface area contributed by atoms with E-state index >= 15 is 0 Å². The highest BCUT2D eigenvalue weighted by Crippen LogP contribution is 2.20. The molecule has 1 aliphatic heterocycles. The minimum atomic E-state index is 0.898. The van der Waals surface area contributed by atoms with Gasteiger partial charge in [0.1, 0.15) is 5.69 Å². The van der Waals surface area contributed by atoms with Gasteiger partial charge in [-0.3, -0.25) is 4.90 Å². The summed E-state index contributed by atoms with van der Waals surface area (Å²) in [6.07, 6.45) is 4.00. The Morgan fingerprint density at radius 2 is 1.94 bits per heavy atom. The number of benzene rings is 1. The van der Waals surface area contributed by atoms with Crippen LogP contribution < -0.4 is 0 Å². The lowest BCUT2D eigenvalue weighted by molar-refractivity contribution is 0.216. The van der Waals surface area contributed by atoms with Crippen LogP contribution in [0.5, 0.6) is 0 Å². The Kier molecular flexibility index (Phi) is 2.62. The Morgan fingerprint density at radius 3 is 2.81 bits per heavy atom. The topological polar surface area (TPSA) is 29.3 Å². The van der Waals surface area contributed by atoms with Gasteiger partial charge in [0.15, 0.2) is 5.58 Å². The summed E-state index contributed by atoms with van der Waals surface area (Å²) >= 11 is 0. The van der Waals surface area contributed by atoms with Gasteiger partial charge in [0, 0.05) is 11.9 Å². The first kappa shape index (κ1) is 9.85. The monoisotopic (exact) mass is 216 g/mol. The van der Waals surface area contributed by atoms with Crippen molar-refractivity contribution in [3.8, 4) is 0 Å². The van der Waals surface area contributed by atoms with E-state index in [1.165, 1.54) is 32.4 Å². The van der Waals surface area contributed by atoms with Gasteiger partial charge in [0.25, 0.3) is 0 Å². The molecule has 1 fully saturated rings. The average molecular weight is 216 g/mol. The molecule has 0 atom stereocenters. The lowest BCUT2D eigenvalue weighted by Crippen LogP contribution is -2.29. The van der Waals surface area contributed by atoms with Gasteiger partial charge in [-0.05, 0) is 38.1 Å². The number of rotatable bonds is 2. The standard InChI is InChI=1S/C13H16N2O/c1-4-8-15(9-5-1)10-12-11-6-2-3-7-13(11)16-14-12/h2-3,6-7H,1,4-5,8-10H2. The fraction of sp³-hybridized carbons (Fsp3) is 0.462. The fourth-order valence-corrected chi connectivity index (χ4v) is 2.38. The maximum Gasteiger partial charge on any atom is 0.167 e. The third kappa shape index (κ3) is 1.83. The van der Waals surface area contributed by atoms with Gasteiger partial charge in [0.2, 0.25) is 0 Å². The van der Waals surface area contributed by atoms with E-state index in [1.807, 2.05) is 18.2 Å². The Bertz CT molecular complexity index is 471. The Balaban J connectivity index is 1.83. The minimum absolute atomic E-state index is 0.898. The van der Waals surface area contributed by atoms with Crippen molar-refractivity contribution in [2.45, 2.75) is 25.8 Å². The number of hydrogen-bond donors (Lipinski definition) is 0. The smallest absolute Gasteiger partial charge is 0.167 e. The third-order valence-corrected chi connectivity index (χ3v) is 3.27. The molecule has 0 unspecified atom stereocenters. The molecule has 2 aromatic rings. The fourth-order valence-electron chi connectivity index (χ4n) is 2.38. The molecule has 84 valence electrons. The van der Waals surface area contributed by atoms with Crippen LogP contribution in [0.3, 0.4) is 0 Å². The van der Waals surface area contributed by atoms with Crippen molar-refractivity contribution in [2.75, 3.05) is 13.1 Å². The van der Waals surface area contributed by atoms with Gasteiger partial charge in [-0.2, -0.15) is 0 Å². The first-order chi connectivity index (χ1) is 7.93. The van der Waals surface area contributed by atoms with Crippen molar-refractivity contribution in [1.29, 1.82) is 0 Å². The lowest BCUT2D eigenvalue weighted by Gasteiger charge is -2.25. The molecule has 0 amide bonds. The average Bonchev–Trinajstić information content (AvgIpc) is 2.74. The van der Waals surface area contributed by atoms with Gasteiger partial charge in [0.05, 0.1) is 0 Å². The molecule has 1 aliphatic rings. The molecule has 16 heavy (non-hydrogen) atoms. The molecule has 0 bridgehead atoms. The van der Waals surface area contributed by atoms with E-state index in [4.69, 9.17) is 4.52 Å². The SMILES string of the molecule is c1ccc2c(CN3CCCCC3)noc2c1. The number of nitrogens with zero attached hydrogens (tertiary/aromatic N) is 2. The Labute approximate surface area is 95.0 Å². The van der Waals surface area contributed by atoms with E-state index in [0.717, 1.165) is 23.2 Å². The van der Waals surface area contributed by atoms with Crippen LogP contribution >= 0.6 is 0 Å². The quantitative estimate of drug-likeness (QED) is 0.773. The van der Waals surface area contributed by atoms with Gasteiger partial charge in [-0.25, -0.2) is 0 Å². The maximum atomic E-state index is 5.31. The minimum Gasteiger partial charge on any atom is -0.356 e. The number of hydrogen-bond acceptors (Lipinski definition) is 3. The molecular weight excluding hydrogens is 200 g/mol. The normalized spacial score (nSPS) is 18.0. The molecular formula is C13H16N2O. The van der Waals surface area contributed by atoms with Crippen molar-refractivity contribution in [2.24, 2.45) is 0 Å². The van der Waals surface area contributed by atoms with Crippen LogP contribution in [0.4, 0.5) is 0 Å². The number of fused-ring (bicyclic) bond motifs is 1. The Morgan fingerprint density at radius 1 is 1.12 bits per heavy atom. The van der Waals surface area contributed by atoms with Crippen LogP contribution in [-0.2, 0) is 6.54 Å². The molecule has 3 heteroatoms. The zero-order valence-electron chi connectivity index (χ0n) is 9.35. The summed E-state index contributed by atoms with van der Waals surface area (Å²) in [5.74, 6) is 0. The summed E-state index contributed by atoms with van der Waals surface area (Å²) < 4.78 is 5.31. The first-order valence-electron chi connectivity index (χ1n) is 5.99. The van der Waals surface area contributed by atoms with Crippen LogP contribution in [0.15, 0.2) is 28.8 Å². The second-order valence-electron chi connectivity index (χ2n) is 4.46. The van der Waals surface area contributed by atoms with Crippen molar-refractivity contribution >= 4 is 11.0 Å². The van der Waals surface area contributed by atoms with Crippen LogP contribution in [0, 0.1) is 0 Å². The molecule has 0 aliphatic carbocycles. The van der Waals surface area contributed by atoms with Crippen LogP contribution in [-0.4, -0.2) is 23.1 Å². The molecule has 2 heterocycles. The molecule has 3 rings (SSSR count). The summed E-state index contributed by atoms with van der Waals surface area (Å²) in [4.78, 5) is 2.47. The molecule has 1 saturated heterocycles. The van der Waals surface area contributed by atoms with Crippen molar-refractivity contribution < 1.29 is 4.52 Å². The van der Waals surface area contributed by atoms with E-state index in [9.17, 15) is 0 Å². The summed E-state index contributed by atoms with van der Waals surface area (Å²) in [6.45, 7) is 3.32. The molecule has 1 aromatic carbocycles. The summed E-state index contributed by atoms with van der Waals surface area (Å²) in [5, 5.41) is 5.33. The highest BCUT2D eigenvalue weighted by molar-refractivity contribution is 5.79. The number of piperidine rings is 1. The van der Waals surface area contributed by atoms with Crippen LogP contribution in [0.2, 0.25) is 0 Å². The zero-order valence-corrected chi connectivity index (χ0v) is 9.35. The highest BCUT2D eigenvalue weighted by atomic mass is 16.5. The number of para-hydroxylation sites is 1. The summed E-state index contributed by atoms with van der Waals surface area (Å²) in [5.41, 5.74) is 1.98. The van der Waals surface area contributed by atoms with E-state index in [1.54, 1.807) is 0 Å². The Hall–Kier alpha value is -1.35. The van der Waals surface area contributed by atoms with Gasteiger partial charge < -0.3 is 4.52 Å². The van der Waals surface area contributed by atoms with Gasteiger partial charge in [-0.1, -0.05) is 23.7 Å². The van der Waals surface area contributed by atoms with Crippen LogP contribution in [0.25, 0.3) is 11.0 Å². The second kappa shape index (κ2) is 4.26. The summed E-state index contributed by atoms with van der Waals surface area (Å²) in [7, 11) is 0. The van der Waals surface area contributed by atoms with E-state index in [0.29, 0.717) is 0 Å². The molecule has 0 saturated carbocycles. The van der Waals surface area contributed by atoms with E-state index in [-0.39, 0.29) is 0 Å². The molecule has 0 N–H and O–H groups in total. The zero-order chi connectivity index (χ0) is 10.8. The highest BCUT2D eigenvalue weighted by Gasteiger charge is 2.14. The largest absolute Gasteiger partial charge is 0.356 e. The maximum absolute atomic E-state index is 5.31. The first-order valence-corrected chi connectivity index (χ1v) is 5.99. The van der Waals surface area contributed by atoms with Crippen LogP contribution in [0.1, 0.15) is 25.0 Å². The predicted molar refractivity (Wildman–Crippen MR) is 63.1 cm³/mol. The number of aromatic nitrogens is 1. The van der Waals surface area contributed by atoms with Crippen molar-refractivity contribution in [3.05, 3.63) is 30.0 Å². The molecule has 0 radical (unpaired) electrons. The van der Waals surface area contributed by atoms with E-state index < -0.39 is 0 Å². The summed E-state index contributed by atoms with van der Waals surface area (Å²) in [6, 6.07) is 8.09. The van der Waals surface area contributed by atoms with Gasteiger partial charge >= 0.3 is 0 Å². The predicted octanol–water partition coefficient (Wildman–Crippen LogP) is 2.81. The number of likely N-dealkylation sites (tertiary alicyclic amines) is 1. The third-order valence-electron chi connectivity index (χ3n) is 3.27. The van der Waals surface area contributed by atoms with Gasteiger partial charge in [-0.15, -0.1) is 0 Å². The molecule has 0 spiro atoms.